The first-order valence-corrected chi connectivity index (χ1v) is 25.7. The highest BCUT2D eigenvalue weighted by Gasteiger charge is 2.54. The number of esters is 2. The van der Waals surface area contributed by atoms with Gasteiger partial charge in [0.25, 0.3) is 0 Å². The Kier molecular flexibility index (Phi) is 32.4. The van der Waals surface area contributed by atoms with Crippen molar-refractivity contribution in [1.29, 1.82) is 0 Å². The van der Waals surface area contributed by atoms with E-state index in [0.717, 1.165) is 64.2 Å². The molecule has 6 unspecified atom stereocenters. The second-order valence-corrected chi connectivity index (χ2v) is 18.5. The molecule has 9 atom stereocenters. The van der Waals surface area contributed by atoms with Crippen molar-refractivity contribution in [1.82, 2.24) is 0 Å². The number of hydrogen-bond acceptors (Lipinski definition) is 14. The van der Waals surface area contributed by atoms with Gasteiger partial charge >= 0.3 is 27.6 Å². The molecule has 0 amide bonds. The van der Waals surface area contributed by atoms with Gasteiger partial charge in [0.2, 0.25) is 0 Å². The summed E-state index contributed by atoms with van der Waals surface area (Å²) in [5.74, 6) is -1.28. The fourth-order valence-corrected chi connectivity index (χ4v) is 8.34. The lowest BCUT2D eigenvalue weighted by Gasteiger charge is -2.43. The van der Waals surface area contributed by atoms with Gasteiger partial charge in [-0.25, -0.2) is 9.13 Å². The average Bonchev–Trinajstić information content (AvgIpc) is 3.22. The van der Waals surface area contributed by atoms with E-state index in [1.807, 2.05) is 18.2 Å². The molecular formula is C43H78O17P2. The fourth-order valence-electron chi connectivity index (χ4n) is 6.80. The van der Waals surface area contributed by atoms with E-state index < -0.39 is 89.6 Å². The number of aliphatic hydroxyl groups is 5. The molecule has 362 valence electrons. The number of aliphatic hydroxyl groups excluding tert-OH is 5. The standard InChI is InChI=1S/C43H78O17P2/c1-3-5-7-9-11-12-13-14-15-16-18-22-27-31-37(46)58-35(32-56-36(45)30-26-23-19-21-25-29-34(44)28-24-20-17-10-8-6-4-2)33-57-62(54,55)60-43-40(49)38(47)39(48)42(41(43)50)59-61(51,52)53/h6,8,17,20,24,28,34-35,38-44,47-50H,3-5,7,9-16,18-19,21-23,25-27,29-33H2,1-2H3,(H,54,55)(H2,51,52,53)/b8-6+,20-17+,28-24+/t34?,35-,38?,39?,40?,41?,42-,43+/m1/s1. The Hall–Kier alpha value is -1.82. The van der Waals surface area contributed by atoms with Crippen LogP contribution in [0, 0.1) is 0 Å². The second-order valence-electron chi connectivity index (χ2n) is 15.9. The van der Waals surface area contributed by atoms with E-state index in [4.69, 9.17) is 28.3 Å². The molecule has 8 N–H and O–H groups in total. The number of allylic oxidation sites excluding steroid dienone is 5. The van der Waals surface area contributed by atoms with E-state index in [2.05, 4.69) is 30.5 Å². The van der Waals surface area contributed by atoms with Crippen LogP contribution in [0.2, 0.25) is 0 Å². The predicted molar refractivity (Wildman–Crippen MR) is 233 cm³/mol. The van der Waals surface area contributed by atoms with E-state index in [9.17, 15) is 49.1 Å². The quantitative estimate of drug-likeness (QED) is 0.0103. The van der Waals surface area contributed by atoms with Gasteiger partial charge in [-0.1, -0.05) is 153 Å². The molecule has 1 rings (SSSR count). The van der Waals surface area contributed by atoms with Crippen molar-refractivity contribution in [2.24, 2.45) is 0 Å². The maximum absolute atomic E-state index is 13.0. The first-order chi connectivity index (χ1) is 29.5. The van der Waals surface area contributed by atoms with Crippen molar-refractivity contribution in [2.45, 2.75) is 210 Å². The second kappa shape index (κ2) is 34.5. The number of rotatable bonds is 37. The molecule has 1 aliphatic rings. The summed E-state index contributed by atoms with van der Waals surface area (Å²) in [6.07, 6.45) is 17.0. The minimum Gasteiger partial charge on any atom is -0.462 e. The van der Waals surface area contributed by atoms with Gasteiger partial charge < -0.3 is 49.7 Å². The third kappa shape index (κ3) is 28.9. The van der Waals surface area contributed by atoms with Gasteiger partial charge in [-0.3, -0.25) is 23.2 Å². The van der Waals surface area contributed by atoms with Crippen molar-refractivity contribution in [3.05, 3.63) is 36.5 Å². The van der Waals surface area contributed by atoms with Crippen LogP contribution >= 0.6 is 15.6 Å². The van der Waals surface area contributed by atoms with Crippen molar-refractivity contribution in [3.8, 4) is 0 Å². The minimum absolute atomic E-state index is 0.0262. The van der Waals surface area contributed by atoms with Crippen molar-refractivity contribution in [2.75, 3.05) is 13.2 Å². The molecule has 0 radical (unpaired) electrons. The number of phosphoric ester groups is 2. The summed E-state index contributed by atoms with van der Waals surface area (Å²) in [5.41, 5.74) is 0. The third-order valence-electron chi connectivity index (χ3n) is 10.3. The van der Waals surface area contributed by atoms with Crippen LogP contribution in [-0.2, 0) is 41.8 Å². The predicted octanol–water partition coefficient (Wildman–Crippen LogP) is 6.92. The van der Waals surface area contributed by atoms with Crippen LogP contribution in [-0.4, -0.2) is 114 Å². The van der Waals surface area contributed by atoms with Crippen LogP contribution in [0.5, 0.6) is 0 Å². The number of carbonyl (C=O) groups is 2. The average molecular weight is 929 g/mol. The van der Waals surface area contributed by atoms with Crippen LogP contribution in [0.4, 0.5) is 0 Å². The summed E-state index contributed by atoms with van der Waals surface area (Å²) < 4.78 is 49.2. The lowest BCUT2D eigenvalue weighted by molar-refractivity contribution is -0.216. The van der Waals surface area contributed by atoms with Gasteiger partial charge in [0.05, 0.1) is 12.7 Å². The Morgan fingerprint density at radius 1 is 0.597 bits per heavy atom. The van der Waals surface area contributed by atoms with Crippen LogP contribution in [0.3, 0.4) is 0 Å². The molecule has 19 heteroatoms. The van der Waals surface area contributed by atoms with Gasteiger partial charge in [0.15, 0.2) is 6.10 Å². The van der Waals surface area contributed by atoms with Gasteiger partial charge in [0.1, 0.15) is 43.2 Å². The molecule has 0 heterocycles. The molecule has 0 saturated heterocycles. The molecule has 0 aromatic heterocycles. The fraction of sp³-hybridized carbons (Fsp3) is 0.814. The zero-order valence-corrected chi connectivity index (χ0v) is 38.7. The number of phosphoric acid groups is 2. The Morgan fingerprint density at radius 2 is 1.11 bits per heavy atom. The summed E-state index contributed by atoms with van der Waals surface area (Å²) in [4.78, 5) is 54.2. The van der Waals surface area contributed by atoms with E-state index in [-0.39, 0.29) is 12.8 Å². The molecule has 0 aromatic rings. The first-order valence-electron chi connectivity index (χ1n) is 22.6. The highest BCUT2D eigenvalue weighted by atomic mass is 31.2. The number of hydrogen-bond donors (Lipinski definition) is 8. The van der Waals surface area contributed by atoms with Gasteiger partial charge in [-0.15, -0.1) is 0 Å². The number of carbonyl (C=O) groups excluding carboxylic acids is 2. The molecule has 0 bridgehead atoms. The van der Waals surface area contributed by atoms with Crippen molar-refractivity contribution < 1.29 is 82.0 Å². The highest BCUT2D eigenvalue weighted by Crippen LogP contribution is 2.49. The zero-order chi connectivity index (χ0) is 46.2. The van der Waals surface area contributed by atoms with Crippen LogP contribution in [0.15, 0.2) is 36.5 Å². The van der Waals surface area contributed by atoms with Crippen LogP contribution in [0.1, 0.15) is 162 Å². The molecule has 0 aromatic carbocycles. The van der Waals surface area contributed by atoms with E-state index in [0.29, 0.717) is 19.3 Å². The normalized spacial score (nSPS) is 22.9. The topological polar surface area (TPSA) is 276 Å². The lowest BCUT2D eigenvalue weighted by atomic mass is 9.85. The van der Waals surface area contributed by atoms with Crippen molar-refractivity contribution >= 4 is 27.6 Å². The summed E-state index contributed by atoms with van der Waals surface area (Å²) in [6.45, 7) is 2.88. The Morgan fingerprint density at radius 3 is 1.66 bits per heavy atom. The Bertz CT molecular complexity index is 1370. The molecular weight excluding hydrogens is 850 g/mol. The van der Waals surface area contributed by atoms with Crippen LogP contribution in [0.25, 0.3) is 0 Å². The largest absolute Gasteiger partial charge is 0.472 e. The summed E-state index contributed by atoms with van der Waals surface area (Å²) >= 11 is 0. The maximum Gasteiger partial charge on any atom is 0.472 e. The Balaban J connectivity index is 2.65. The molecule has 62 heavy (non-hydrogen) atoms. The number of unbranched alkanes of at least 4 members (excludes halogenated alkanes) is 16. The monoisotopic (exact) mass is 928 g/mol. The van der Waals surface area contributed by atoms with E-state index in [1.165, 1.54) is 51.4 Å². The first kappa shape index (κ1) is 58.2. The zero-order valence-electron chi connectivity index (χ0n) is 36.9. The summed E-state index contributed by atoms with van der Waals surface area (Å²) in [5, 5.41) is 51.3. The molecule has 0 aliphatic heterocycles. The molecule has 1 aliphatic carbocycles. The van der Waals surface area contributed by atoms with Gasteiger partial charge in [0, 0.05) is 12.8 Å². The third-order valence-corrected chi connectivity index (χ3v) is 11.8. The van der Waals surface area contributed by atoms with E-state index >= 15 is 0 Å². The lowest BCUT2D eigenvalue weighted by Crippen LogP contribution is -2.64. The summed E-state index contributed by atoms with van der Waals surface area (Å²) in [6, 6.07) is 0. The highest BCUT2D eigenvalue weighted by molar-refractivity contribution is 7.47. The molecule has 0 spiro atoms. The minimum atomic E-state index is -5.37. The maximum atomic E-state index is 13.0. The SMILES string of the molecule is CC/C=C/C/C=C/C=C/C(O)CCCCCCCC(=O)OC[C@H](COP(=O)(O)O[C@H]1C(O)C(O)C(O)[C@@H](OP(=O)(O)O)C1O)OC(=O)CCCCCCCCCCCCCCC. The molecule has 1 saturated carbocycles. The van der Waals surface area contributed by atoms with E-state index in [1.54, 1.807) is 6.08 Å². The van der Waals surface area contributed by atoms with Gasteiger partial charge in [-0.2, -0.15) is 0 Å². The smallest absolute Gasteiger partial charge is 0.462 e. The Labute approximate surface area is 368 Å². The summed E-state index contributed by atoms with van der Waals surface area (Å²) in [7, 11) is -10.7. The molecule has 1 fully saturated rings. The molecule has 17 nitrogen and oxygen atoms in total. The van der Waals surface area contributed by atoms with Crippen LogP contribution < -0.4 is 0 Å². The number of ether oxygens (including phenoxy) is 2. The van der Waals surface area contributed by atoms with Gasteiger partial charge in [-0.05, 0) is 32.1 Å². The van der Waals surface area contributed by atoms with Crippen molar-refractivity contribution in [3.63, 3.8) is 0 Å².